The highest BCUT2D eigenvalue weighted by Crippen LogP contribution is 2.16. The number of hydrogen-bond donors (Lipinski definition) is 13. The monoisotopic (exact) mass is 1100 g/mol. The van der Waals surface area contributed by atoms with Crippen LogP contribution in [0, 0.1) is 23.7 Å². The highest BCUT2D eigenvalue weighted by Gasteiger charge is 2.36. The van der Waals surface area contributed by atoms with Crippen molar-refractivity contribution >= 4 is 59.1 Å². The minimum atomic E-state index is -1.72. The standard InChI is InChI=1S/C56H80N10O13/c1-9-33(8)48(56(78)79)66-54(76)43(27-36-17-21-38(68)22-18-36)63-52(74)44(28-45(58)69)64-55(77)47(32(6)7)65-53(75)42(25-34-13-11-10-12-14-34)60-46(70)29-59-50(72)41(26-35-15-19-37(67)20-16-35)62-51(73)40(24-31(4)5)61-49(71)39(57)23-30(2)3/h10-22,30-33,39-44,47-48,67-68H,9,23-29,57H2,1-8H3,(H2,58,69)(H,59,72)(H,60,70)(H,61,71)(H,62,73)(H,63,74)(H,64,77)(H,65,75)(H,66,76)(H,78,79)/t33-,39-,40-,41-,42-,43-,44-,47-,48-/m0/s1. The minimum absolute atomic E-state index is 0.0425. The lowest BCUT2D eigenvalue weighted by atomic mass is 9.98. The molecule has 0 saturated heterocycles. The van der Waals surface area contributed by atoms with E-state index >= 15 is 0 Å². The fourth-order valence-electron chi connectivity index (χ4n) is 8.29. The van der Waals surface area contributed by atoms with Crippen LogP contribution in [0.15, 0.2) is 78.9 Å². The van der Waals surface area contributed by atoms with Crippen LogP contribution in [-0.2, 0) is 67.2 Å². The maximum absolute atomic E-state index is 14.3. The van der Waals surface area contributed by atoms with E-state index in [1.165, 1.54) is 36.4 Å². The van der Waals surface area contributed by atoms with Gasteiger partial charge in [0.15, 0.2) is 0 Å². The van der Waals surface area contributed by atoms with Crippen molar-refractivity contribution in [3.63, 3.8) is 0 Å². The first-order valence-corrected chi connectivity index (χ1v) is 26.4. The molecule has 0 aromatic heterocycles. The third kappa shape index (κ3) is 22.8. The van der Waals surface area contributed by atoms with Crippen molar-refractivity contribution in [3.05, 3.63) is 95.6 Å². The summed E-state index contributed by atoms with van der Waals surface area (Å²) in [5.41, 5.74) is 13.2. The molecule has 3 aromatic rings. The number of hydrogen-bond acceptors (Lipinski definition) is 13. The maximum Gasteiger partial charge on any atom is 0.326 e. The Bertz CT molecular complexity index is 2540. The molecule has 0 saturated carbocycles. The van der Waals surface area contributed by atoms with Gasteiger partial charge in [-0.3, -0.25) is 43.2 Å². The predicted octanol–water partition coefficient (Wildman–Crippen LogP) is 0.717. The molecule has 0 heterocycles. The number of primary amides is 1. The first kappa shape index (κ1) is 65.2. The van der Waals surface area contributed by atoms with E-state index in [1.807, 2.05) is 27.7 Å². The van der Waals surface area contributed by atoms with Gasteiger partial charge in [0.05, 0.1) is 19.0 Å². The zero-order chi connectivity index (χ0) is 59.1. The van der Waals surface area contributed by atoms with E-state index in [9.17, 15) is 63.3 Å². The van der Waals surface area contributed by atoms with Crippen LogP contribution in [0.4, 0.5) is 0 Å². The van der Waals surface area contributed by atoms with Gasteiger partial charge in [0, 0.05) is 19.3 Å². The third-order valence-corrected chi connectivity index (χ3v) is 12.8. The number of amides is 9. The molecule has 9 atom stereocenters. The molecule has 432 valence electrons. The van der Waals surface area contributed by atoms with Gasteiger partial charge in [-0.05, 0) is 77.5 Å². The quantitative estimate of drug-likeness (QED) is 0.0410. The summed E-state index contributed by atoms with van der Waals surface area (Å²) in [5.74, 6) is -10.3. The molecular formula is C56H80N10O13. The third-order valence-electron chi connectivity index (χ3n) is 12.8. The molecule has 0 spiro atoms. The number of benzene rings is 3. The number of carbonyl (C=O) groups excluding carboxylic acids is 9. The average Bonchev–Trinajstić information content (AvgIpc) is 3.38. The van der Waals surface area contributed by atoms with Crippen LogP contribution in [-0.4, -0.2) is 129 Å². The van der Waals surface area contributed by atoms with E-state index in [4.69, 9.17) is 11.5 Å². The van der Waals surface area contributed by atoms with Gasteiger partial charge in [-0.25, -0.2) is 4.79 Å². The number of nitrogens with one attached hydrogen (secondary N) is 8. The normalized spacial score (nSPS) is 14.6. The van der Waals surface area contributed by atoms with E-state index in [0.717, 1.165) is 0 Å². The van der Waals surface area contributed by atoms with Crippen molar-refractivity contribution in [2.45, 2.75) is 149 Å². The summed E-state index contributed by atoms with van der Waals surface area (Å²) in [6.07, 6.45) is -0.240. The number of phenols is 2. The van der Waals surface area contributed by atoms with Crippen LogP contribution < -0.4 is 54.0 Å². The highest BCUT2D eigenvalue weighted by molar-refractivity contribution is 5.99. The summed E-state index contributed by atoms with van der Waals surface area (Å²) >= 11 is 0. The van der Waals surface area contributed by atoms with Crippen molar-refractivity contribution < 1.29 is 63.3 Å². The maximum atomic E-state index is 14.3. The zero-order valence-corrected chi connectivity index (χ0v) is 46.2. The van der Waals surface area contributed by atoms with E-state index in [0.29, 0.717) is 29.5 Å². The topological polar surface area (TPSA) is 380 Å². The van der Waals surface area contributed by atoms with Gasteiger partial charge in [-0.2, -0.15) is 0 Å². The Hall–Kier alpha value is -8.08. The van der Waals surface area contributed by atoms with Gasteiger partial charge in [0.1, 0.15) is 53.8 Å². The number of rotatable bonds is 32. The second-order valence-corrected chi connectivity index (χ2v) is 21.0. The Morgan fingerprint density at radius 3 is 1.35 bits per heavy atom. The highest BCUT2D eigenvalue weighted by atomic mass is 16.4. The Balaban J connectivity index is 1.87. The first-order valence-electron chi connectivity index (χ1n) is 26.4. The number of phenolic OH excluding ortho intramolecular Hbond substituents is 2. The molecule has 0 aliphatic rings. The van der Waals surface area contributed by atoms with E-state index in [1.54, 1.807) is 70.2 Å². The second kappa shape index (κ2) is 32.0. The molecule has 0 aliphatic carbocycles. The molecule has 0 radical (unpaired) electrons. The average molecular weight is 1100 g/mol. The van der Waals surface area contributed by atoms with Crippen molar-refractivity contribution in [2.24, 2.45) is 35.1 Å². The number of carboxylic acids is 1. The number of aromatic hydroxyl groups is 2. The molecule has 23 nitrogen and oxygen atoms in total. The van der Waals surface area contributed by atoms with Gasteiger partial charge in [-0.15, -0.1) is 0 Å². The summed E-state index contributed by atoms with van der Waals surface area (Å²) in [5, 5.41) is 50.2. The van der Waals surface area contributed by atoms with Crippen LogP contribution in [0.1, 0.15) is 97.8 Å². The molecular weight excluding hydrogens is 1020 g/mol. The summed E-state index contributed by atoms with van der Waals surface area (Å²) in [4.78, 5) is 135. The largest absolute Gasteiger partial charge is 0.508 e. The molecule has 23 heteroatoms. The fraction of sp³-hybridized carbons (Fsp3) is 0.500. The molecule has 0 aliphatic heterocycles. The second-order valence-electron chi connectivity index (χ2n) is 21.0. The summed E-state index contributed by atoms with van der Waals surface area (Å²) in [6.45, 7) is 13.3. The molecule has 3 rings (SSSR count). The molecule has 79 heavy (non-hydrogen) atoms. The summed E-state index contributed by atoms with van der Waals surface area (Å²) < 4.78 is 0. The van der Waals surface area contributed by atoms with Gasteiger partial charge in [-0.1, -0.05) is 116 Å². The first-order chi connectivity index (χ1) is 37.2. The van der Waals surface area contributed by atoms with Crippen molar-refractivity contribution in [2.75, 3.05) is 6.54 Å². The van der Waals surface area contributed by atoms with Gasteiger partial charge >= 0.3 is 5.97 Å². The molecule has 0 bridgehead atoms. The van der Waals surface area contributed by atoms with Crippen molar-refractivity contribution in [1.82, 2.24) is 42.5 Å². The van der Waals surface area contributed by atoms with Crippen molar-refractivity contribution in [1.29, 1.82) is 0 Å². The number of aliphatic carboxylic acids is 1. The lowest BCUT2D eigenvalue weighted by molar-refractivity contribution is -0.144. The summed E-state index contributed by atoms with van der Waals surface area (Å²) in [6, 6.07) is 9.46. The molecule has 0 unspecified atom stereocenters. The van der Waals surface area contributed by atoms with E-state index in [2.05, 4.69) is 42.5 Å². The van der Waals surface area contributed by atoms with Crippen LogP contribution >= 0.6 is 0 Å². The SMILES string of the molecule is CC[C@H](C)[C@H](NC(=O)[C@H](Cc1ccc(O)cc1)NC(=O)[C@H](CC(N)=O)NC(=O)[C@@H](NC(=O)[C@H](Cc1ccccc1)NC(=O)CNC(=O)[C@H](Cc1ccc(O)cc1)NC(=O)[C@H](CC(C)C)NC(=O)[C@@H](N)CC(C)C)C(C)C)C(=O)O. The lowest BCUT2D eigenvalue weighted by Crippen LogP contribution is -2.61. The zero-order valence-electron chi connectivity index (χ0n) is 46.2. The van der Waals surface area contributed by atoms with E-state index < -0.39 is 132 Å². The lowest BCUT2D eigenvalue weighted by Gasteiger charge is -2.28. The summed E-state index contributed by atoms with van der Waals surface area (Å²) in [7, 11) is 0. The smallest absolute Gasteiger partial charge is 0.326 e. The molecule has 0 fully saturated rings. The molecule has 9 amide bonds. The Morgan fingerprint density at radius 1 is 0.481 bits per heavy atom. The number of nitrogens with two attached hydrogens (primary N) is 2. The van der Waals surface area contributed by atoms with E-state index in [-0.39, 0.29) is 49.0 Å². The number of carboxylic acid groups (broad SMARTS) is 1. The molecule has 15 N–H and O–H groups in total. The Morgan fingerprint density at radius 2 is 0.899 bits per heavy atom. The van der Waals surface area contributed by atoms with Crippen LogP contribution in [0.2, 0.25) is 0 Å². The van der Waals surface area contributed by atoms with Gasteiger partial charge < -0.3 is 69.3 Å². The Labute approximate surface area is 460 Å². The van der Waals surface area contributed by atoms with Crippen molar-refractivity contribution in [3.8, 4) is 11.5 Å². The van der Waals surface area contributed by atoms with Gasteiger partial charge in [0.25, 0.3) is 0 Å². The fourth-order valence-corrected chi connectivity index (χ4v) is 8.29. The van der Waals surface area contributed by atoms with Crippen LogP contribution in [0.3, 0.4) is 0 Å². The number of carbonyl (C=O) groups is 10. The van der Waals surface area contributed by atoms with Crippen LogP contribution in [0.5, 0.6) is 11.5 Å². The minimum Gasteiger partial charge on any atom is -0.508 e. The van der Waals surface area contributed by atoms with Crippen LogP contribution in [0.25, 0.3) is 0 Å². The predicted molar refractivity (Wildman–Crippen MR) is 293 cm³/mol. The van der Waals surface area contributed by atoms with Gasteiger partial charge in [0.2, 0.25) is 53.2 Å². The molecule has 3 aromatic carbocycles. The Kier molecular flexibility index (Phi) is 26.4.